The first-order chi connectivity index (χ1) is 14.7. The number of carbonyl (C=O) groups is 1. The summed E-state index contributed by atoms with van der Waals surface area (Å²) in [5.74, 6) is 0.571. The molecule has 162 valence electrons. The maximum absolute atomic E-state index is 12.9. The van der Waals surface area contributed by atoms with E-state index in [4.69, 9.17) is 20.9 Å². The minimum atomic E-state index is -3.93. The molecule has 0 unspecified atom stereocenters. The lowest BCUT2D eigenvalue weighted by Gasteiger charge is -2.29. The highest BCUT2D eigenvalue weighted by atomic mass is 35.5. The molecule has 0 aliphatic carbocycles. The van der Waals surface area contributed by atoms with E-state index in [9.17, 15) is 13.2 Å². The Balaban J connectivity index is 1.62. The van der Waals surface area contributed by atoms with Crippen LogP contribution in [0.3, 0.4) is 0 Å². The summed E-state index contributed by atoms with van der Waals surface area (Å²) in [6.45, 7) is 3.46. The normalized spacial score (nSPS) is 13.8. The second kappa shape index (κ2) is 8.29. The van der Waals surface area contributed by atoms with Gasteiger partial charge < -0.3 is 9.26 Å². The second-order valence-electron chi connectivity index (χ2n) is 7.00. The number of carbonyl (C=O) groups excluding carboxylic acids is 1. The summed E-state index contributed by atoms with van der Waals surface area (Å²) in [6.07, 6.45) is 0. The van der Waals surface area contributed by atoms with Crippen LogP contribution < -0.4 is 14.4 Å². The van der Waals surface area contributed by atoms with Gasteiger partial charge in [0, 0.05) is 19.5 Å². The Bertz CT molecular complexity index is 1260. The summed E-state index contributed by atoms with van der Waals surface area (Å²) in [6, 6.07) is 10.2. The first kappa shape index (κ1) is 21.3. The Morgan fingerprint density at radius 2 is 2.00 bits per heavy atom. The number of anilines is 1. The van der Waals surface area contributed by atoms with Crippen molar-refractivity contribution in [3.63, 3.8) is 0 Å². The minimum absolute atomic E-state index is 0.0383. The molecule has 2 aromatic carbocycles. The number of nitrogens with one attached hydrogen (secondary N) is 1. The largest absolute Gasteiger partial charge is 0.482 e. The van der Waals surface area contributed by atoms with Gasteiger partial charge in [-0.15, -0.1) is 0 Å². The molecule has 0 radical (unpaired) electrons. The van der Waals surface area contributed by atoms with E-state index in [1.807, 2.05) is 31.2 Å². The molecule has 0 saturated carbocycles. The lowest BCUT2D eigenvalue weighted by Crippen LogP contribution is -2.38. The Kier molecular flexibility index (Phi) is 5.69. The van der Waals surface area contributed by atoms with Gasteiger partial charge >= 0.3 is 0 Å². The summed E-state index contributed by atoms with van der Waals surface area (Å²) in [4.78, 5) is 17.7. The average Bonchev–Trinajstić information content (AvgIpc) is 3.14. The van der Waals surface area contributed by atoms with Gasteiger partial charge in [0.15, 0.2) is 12.4 Å². The highest BCUT2D eigenvalue weighted by Gasteiger charge is 2.30. The number of fused-ring (bicyclic) bond motifs is 1. The Hall–Kier alpha value is -2.95. The van der Waals surface area contributed by atoms with Crippen LogP contribution in [0, 0.1) is 13.8 Å². The molecule has 1 aliphatic heterocycles. The lowest BCUT2D eigenvalue weighted by atomic mass is 10.1. The molecule has 0 saturated heterocycles. The van der Waals surface area contributed by atoms with Gasteiger partial charge in [-0.3, -0.25) is 9.69 Å². The first-order valence-corrected chi connectivity index (χ1v) is 11.2. The Labute approximate surface area is 184 Å². The number of sulfonamides is 1. The van der Waals surface area contributed by atoms with E-state index >= 15 is 0 Å². The monoisotopic (exact) mass is 462 g/mol. The summed E-state index contributed by atoms with van der Waals surface area (Å²) >= 11 is 6.32. The number of ether oxygens (including phenoxy) is 1. The van der Waals surface area contributed by atoms with Gasteiger partial charge in [-0.05, 0) is 24.1 Å². The van der Waals surface area contributed by atoms with Crippen LogP contribution in [0.25, 0.3) is 0 Å². The summed E-state index contributed by atoms with van der Waals surface area (Å²) in [5.41, 5.74) is 2.15. The lowest BCUT2D eigenvalue weighted by molar-refractivity contribution is -0.121. The fraction of sp³-hybridized carbons (Fsp3) is 0.250. The molecule has 9 nitrogen and oxygen atoms in total. The molecular formula is C20H19ClN4O5S. The predicted molar refractivity (Wildman–Crippen MR) is 112 cm³/mol. The molecule has 1 aliphatic rings. The van der Waals surface area contributed by atoms with Crippen molar-refractivity contribution in [2.24, 2.45) is 0 Å². The molecule has 11 heteroatoms. The molecular weight excluding hydrogens is 444 g/mol. The molecule has 0 fully saturated rings. The van der Waals surface area contributed by atoms with Crippen LogP contribution in [0.15, 0.2) is 45.8 Å². The van der Waals surface area contributed by atoms with E-state index in [-0.39, 0.29) is 41.3 Å². The standard InChI is InChI=1S/C20H19ClN4O5S/c1-12-5-3-4-6-14(12)9-22-31(27,28)18-8-17-16(7-15(18)21)25(20(26)11-29-17)10-19-23-13(2)30-24-19/h3-8,22H,9-11H2,1-2H3. The number of nitrogens with zero attached hydrogens (tertiary/aromatic N) is 3. The van der Waals surface area contributed by atoms with Gasteiger partial charge in [-0.2, -0.15) is 4.98 Å². The van der Waals surface area contributed by atoms with Gasteiger partial charge in [-0.1, -0.05) is 41.0 Å². The van der Waals surface area contributed by atoms with Gasteiger partial charge in [0.1, 0.15) is 10.6 Å². The van der Waals surface area contributed by atoms with Crippen molar-refractivity contribution in [1.82, 2.24) is 14.9 Å². The number of hydrogen-bond donors (Lipinski definition) is 1. The molecule has 3 aromatic rings. The topological polar surface area (TPSA) is 115 Å². The van der Waals surface area contributed by atoms with Gasteiger partial charge in [0.25, 0.3) is 5.91 Å². The zero-order valence-electron chi connectivity index (χ0n) is 16.8. The Morgan fingerprint density at radius 1 is 1.23 bits per heavy atom. The van der Waals surface area contributed by atoms with Crippen LogP contribution in [-0.2, 0) is 27.9 Å². The molecule has 0 spiro atoms. The van der Waals surface area contributed by atoms with E-state index < -0.39 is 10.0 Å². The quantitative estimate of drug-likeness (QED) is 0.598. The van der Waals surface area contributed by atoms with Crippen LogP contribution in [-0.4, -0.2) is 31.1 Å². The third kappa shape index (κ3) is 4.41. The number of hydrogen-bond acceptors (Lipinski definition) is 7. The van der Waals surface area contributed by atoms with Crippen molar-refractivity contribution < 1.29 is 22.5 Å². The molecule has 1 aromatic heterocycles. The Morgan fingerprint density at radius 3 is 2.71 bits per heavy atom. The molecule has 1 amide bonds. The van der Waals surface area contributed by atoms with E-state index in [0.717, 1.165) is 11.1 Å². The maximum atomic E-state index is 12.9. The van der Waals surface area contributed by atoms with Crippen molar-refractivity contribution >= 4 is 33.2 Å². The highest BCUT2D eigenvalue weighted by molar-refractivity contribution is 7.89. The van der Waals surface area contributed by atoms with Crippen LogP contribution in [0.5, 0.6) is 5.75 Å². The van der Waals surface area contributed by atoms with Crippen LogP contribution in [0.4, 0.5) is 5.69 Å². The smallest absolute Gasteiger partial charge is 0.265 e. The van der Waals surface area contributed by atoms with Crippen LogP contribution in [0.2, 0.25) is 5.02 Å². The van der Waals surface area contributed by atoms with E-state index in [2.05, 4.69) is 14.9 Å². The zero-order chi connectivity index (χ0) is 22.2. The summed E-state index contributed by atoms with van der Waals surface area (Å²) in [7, 11) is -3.93. The molecule has 0 bridgehead atoms. The van der Waals surface area contributed by atoms with Crippen molar-refractivity contribution in [1.29, 1.82) is 0 Å². The predicted octanol–water partition coefficient (Wildman–Crippen LogP) is 2.74. The number of benzene rings is 2. The van der Waals surface area contributed by atoms with Gasteiger partial charge in [-0.25, -0.2) is 13.1 Å². The van der Waals surface area contributed by atoms with E-state index in [1.54, 1.807) is 6.92 Å². The van der Waals surface area contributed by atoms with Crippen molar-refractivity contribution in [3.8, 4) is 5.75 Å². The third-order valence-electron chi connectivity index (χ3n) is 4.83. The number of rotatable bonds is 6. The van der Waals surface area contributed by atoms with Crippen molar-refractivity contribution in [2.45, 2.75) is 31.8 Å². The van der Waals surface area contributed by atoms with Gasteiger partial charge in [0.05, 0.1) is 17.3 Å². The summed E-state index contributed by atoms with van der Waals surface area (Å²) < 4.78 is 38.8. The zero-order valence-corrected chi connectivity index (χ0v) is 18.3. The molecule has 4 rings (SSSR count). The highest BCUT2D eigenvalue weighted by Crippen LogP contribution is 2.39. The maximum Gasteiger partial charge on any atom is 0.265 e. The van der Waals surface area contributed by atoms with E-state index in [1.165, 1.54) is 17.0 Å². The third-order valence-corrected chi connectivity index (χ3v) is 6.69. The van der Waals surface area contributed by atoms with Gasteiger partial charge in [0.2, 0.25) is 15.9 Å². The molecule has 1 N–H and O–H groups in total. The fourth-order valence-electron chi connectivity index (χ4n) is 3.19. The number of aromatic nitrogens is 2. The SMILES string of the molecule is Cc1nc(CN2C(=O)COc3cc(S(=O)(=O)NCc4ccccc4C)c(Cl)cc32)no1. The van der Waals surface area contributed by atoms with Crippen molar-refractivity contribution in [3.05, 3.63) is 64.3 Å². The average molecular weight is 463 g/mol. The van der Waals surface area contributed by atoms with Crippen LogP contribution in [0.1, 0.15) is 22.8 Å². The first-order valence-electron chi connectivity index (χ1n) is 9.34. The van der Waals surface area contributed by atoms with Crippen molar-refractivity contribution in [2.75, 3.05) is 11.5 Å². The van der Waals surface area contributed by atoms with E-state index in [0.29, 0.717) is 17.4 Å². The molecule has 2 heterocycles. The second-order valence-corrected chi connectivity index (χ2v) is 9.14. The number of halogens is 1. The molecule has 31 heavy (non-hydrogen) atoms. The van der Waals surface area contributed by atoms with Crippen LogP contribution >= 0.6 is 11.6 Å². The number of amides is 1. The minimum Gasteiger partial charge on any atom is -0.482 e. The number of aryl methyl sites for hydroxylation is 2. The molecule has 0 atom stereocenters. The fourth-order valence-corrected chi connectivity index (χ4v) is 4.73. The summed E-state index contributed by atoms with van der Waals surface area (Å²) in [5, 5.41) is 3.76.